The van der Waals surface area contributed by atoms with E-state index in [1.54, 1.807) is 41.3 Å². The van der Waals surface area contributed by atoms with E-state index in [2.05, 4.69) is 34.6 Å². The van der Waals surface area contributed by atoms with E-state index >= 15 is 0 Å². The smallest absolute Gasteiger partial charge is 0.191 e. The zero-order valence-electron chi connectivity index (χ0n) is 16.3. The summed E-state index contributed by atoms with van der Waals surface area (Å²) in [6.45, 7) is 2.35. The molecule has 0 spiro atoms. The molecule has 0 fully saturated rings. The van der Waals surface area contributed by atoms with Crippen LogP contribution in [0.25, 0.3) is 10.6 Å². The van der Waals surface area contributed by atoms with Crippen LogP contribution in [0.5, 0.6) is 5.75 Å². The van der Waals surface area contributed by atoms with Crippen LogP contribution < -0.4 is 4.74 Å². The zero-order valence-corrected chi connectivity index (χ0v) is 19.4. The lowest BCUT2D eigenvalue weighted by atomic mass is 10.1. The van der Waals surface area contributed by atoms with Crippen LogP contribution in [-0.4, -0.2) is 19.7 Å². The average Bonchev–Trinajstić information content (AvgIpc) is 3.34. The minimum absolute atomic E-state index is 0.248. The maximum Gasteiger partial charge on any atom is 0.191 e. The molecule has 0 aliphatic heterocycles. The van der Waals surface area contributed by atoms with Gasteiger partial charge in [0.15, 0.2) is 11.0 Å². The number of benzene rings is 2. The lowest BCUT2D eigenvalue weighted by Crippen LogP contribution is -2.04. The van der Waals surface area contributed by atoms with Crippen LogP contribution in [0, 0.1) is 6.92 Å². The normalized spacial score (nSPS) is 11.1. The summed E-state index contributed by atoms with van der Waals surface area (Å²) < 4.78 is 7.68. The Hall–Kier alpha value is -2.06. The average molecular weight is 477 g/mol. The molecular weight excluding hydrogens is 459 g/mol. The fourth-order valence-electron chi connectivity index (χ4n) is 2.77. The van der Waals surface area contributed by atoms with Gasteiger partial charge >= 0.3 is 0 Å². The highest BCUT2D eigenvalue weighted by Gasteiger charge is 2.13. The fourth-order valence-corrected chi connectivity index (χ4v) is 4.95. The Kier molecular flexibility index (Phi) is 6.63. The van der Waals surface area contributed by atoms with E-state index < -0.39 is 0 Å². The van der Waals surface area contributed by atoms with Gasteiger partial charge < -0.3 is 9.30 Å². The second-order valence-corrected chi connectivity index (χ2v) is 9.21. The highest BCUT2D eigenvalue weighted by atomic mass is 35.5. The molecule has 0 radical (unpaired) electrons. The number of nitrogens with zero attached hydrogens (tertiary/aromatic N) is 4. The van der Waals surface area contributed by atoms with Gasteiger partial charge in [-0.15, -0.1) is 21.5 Å². The topological polar surface area (TPSA) is 52.8 Å². The molecule has 0 unspecified atom stereocenters. The van der Waals surface area contributed by atoms with E-state index in [0.29, 0.717) is 21.6 Å². The quantitative estimate of drug-likeness (QED) is 0.287. The van der Waals surface area contributed by atoms with E-state index in [9.17, 15) is 0 Å². The predicted molar refractivity (Wildman–Crippen MR) is 124 cm³/mol. The molecule has 154 valence electrons. The van der Waals surface area contributed by atoms with Crippen molar-refractivity contribution in [3.63, 3.8) is 0 Å². The second-order valence-electron chi connectivity index (χ2n) is 6.57. The lowest BCUT2D eigenvalue weighted by molar-refractivity contribution is 0.290. The number of rotatable bonds is 7. The minimum Gasteiger partial charge on any atom is -0.484 e. The van der Waals surface area contributed by atoms with Crippen molar-refractivity contribution in [2.45, 2.75) is 24.4 Å². The van der Waals surface area contributed by atoms with Gasteiger partial charge in [0.2, 0.25) is 0 Å². The summed E-state index contributed by atoms with van der Waals surface area (Å²) >= 11 is 15.4. The summed E-state index contributed by atoms with van der Waals surface area (Å²) in [5.41, 5.74) is 3.43. The van der Waals surface area contributed by atoms with Gasteiger partial charge in [-0.1, -0.05) is 59.2 Å². The van der Waals surface area contributed by atoms with Crippen LogP contribution in [0.15, 0.2) is 53.0 Å². The summed E-state index contributed by atoms with van der Waals surface area (Å²) in [5, 5.41) is 13.5. The molecule has 0 N–H and O–H groups in total. The Bertz CT molecular complexity index is 1180. The second kappa shape index (κ2) is 9.39. The molecule has 9 heteroatoms. The summed E-state index contributed by atoms with van der Waals surface area (Å²) in [5.74, 6) is 1.94. The van der Waals surface area contributed by atoms with Crippen molar-refractivity contribution in [3.8, 4) is 16.3 Å². The molecule has 0 saturated heterocycles. The molecule has 0 bridgehead atoms. The number of hydrogen-bond acceptors (Lipinski definition) is 6. The maximum absolute atomic E-state index is 6.14. The Morgan fingerprint density at radius 2 is 1.97 bits per heavy atom. The van der Waals surface area contributed by atoms with Crippen LogP contribution in [0.2, 0.25) is 10.0 Å². The van der Waals surface area contributed by atoms with Crippen LogP contribution >= 0.6 is 46.3 Å². The van der Waals surface area contributed by atoms with Gasteiger partial charge in [-0.25, -0.2) is 4.98 Å². The van der Waals surface area contributed by atoms with Crippen molar-refractivity contribution >= 4 is 46.3 Å². The molecule has 0 saturated carbocycles. The molecule has 4 rings (SSSR count). The fraction of sp³-hybridized carbons (Fsp3) is 0.190. The van der Waals surface area contributed by atoms with E-state index in [1.807, 2.05) is 23.7 Å². The predicted octanol–water partition coefficient (Wildman–Crippen LogP) is 6.43. The first kappa shape index (κ1) is 21.2. The van der Waals surface area contributed by atoms with Crippen molar-refractivity contribution in [3.05, 3.63) is 75.0 Å². The van der Waals surface area contributed by atoms with Crippen LogP contribution in [0.3, 0.4) is 0 Å². The molecule has 0 aliphatic carbocycles. The third-order valence-corrected chi connectivity index (χ3v) is 6.98. The van der Waals surface area contributed by atoms with E-state index in [4.69, 9.17) is 32.9 Å². The third kappa shape index (κ3) is 4.81. The summed E-state index contributed by atoms with van der Waals surface area (Å²) in [7, 11) is 1.92. The summed E-state index contributed by atoms with van der Waals surface area (Å²) in [6.07, 6.45) is 0. The van der Waals surface area contributed by atoms with Crippen molar-refractivity contribution in [1.29, 1.82) is 0 Å². The van der Waals surface area contributed by atoms with Gasteiger partial charge in [0.05, 0.1) is 10.7 Å². The number of thiazole rings is 1. The SMILES string of the molecule is Cc1ccccc1-c1nc(CSc2nnc(COc3cc(Cl)ccc3Cl)n2C)cs1. The van der Waals surface area contributed by atoms with Crippen molar-refractivity contribution in [1.82, 2.24) is 19.7 Å². The monoisotopic (exact) mass is 476 g/mol. The van der Waals surface area contributed by atoms with Crippen molar-refractivity contribution < 1.29 is 4.74 Å². The van der Waals surface area contributed by atoms with E-state index in [0.717, 1.165) is 21.6 Å². The molecule has 0 aliphatic rings. The molecule has 0 atom stereocenters. The largest absolute Gasteiger partial charge is 0.484 e. The highest BCUT2D eigenvalue weighted by Crippen LogP contribution is 2.30. The van der Waals surface area contributed by atoms with E-state index in [-0.39, 0.29) is 6.61 Å². The number of thioether (sulfide) groups is 1. The third-order valence-electron chi connectivity index (χ3n) is 4.45. The van der Waals surface area contributed by atoms with E-state index in [1.165, 1.54) is 11.1 Å². The zero-order chi connectivity index (χ0) is 21.1. The molecule has 4 aromatic rings. The number of aromatic nitrogens is 4. The number of aryl methyl sites for hydroxylation is 1. The van der Waals surface area contributed by atoms with Gasteiger partial charge in [-0.3, -0.25) is 0 Å². The molecule has 30 heavy (non-hydrogen) atoms. The van der Waals surface area contributed by atoms with Crippen molar-refractivity contribution in [2.24, 2.45) is 7.05 Å². The Morgan fingerprint density at radius 3 is 2.80 bits per heavy atom. The highest BCUT2D eigenvalue weighted by molar-refractivity contribution is 7.98. The lowest BCUT2D eigenvalue weighted by Gasteiger charge is -2.08. The summed E-state index contributed by atoms with van der Waals surface area (Å²) in [6, 6.07) is 13.4. The molecule has 0 amide bonds. The maximum atomic E-state index is 6.14. The molecule has 2 aromatic heterocycles. The number of ether oxygens (including phenoxy) is 1. The number of halogens is 2. The Balaban J connectivity index is 1.39. The minimum atomic E-state index is 0.248. The number of hydrogen-bond donors (Lipinski definition) is 0. The van der Waals surface area contributed by atoms with Gasteiger partial charge in [-0.2, -0.15) is 0 Å². The first-order chi connectivity index (χ1) is 14.5. The first-order valence-corrected chi connectivity index (χ1v) is 11.7. The van der Waals surface area contributed by atoms with Gasteiger partial charge in [0, 0.05) is 34.8 Å². The van der Waals surface area contributed by atoms with Gasteiger partial charge in [0.25, 0.3) is 0 Å². The summed E-state index contributed by atoms with van der Waals surface area (Å²) in [4.78, 5) is 4.78. The molecule has 5 nitrogen and oxygen atoms in total. The molecule has 2 heterocycles. The van der Waals surface area contributed by atoms with Gasteiger partial charge in [0.1, 0.15) is 17.4 Å². The van der Waals surface area contributed by atoms with Crippen LogP contribution in [0.4, 0.5) is 0 Å². The van der Waals surface area contributed by atoms with Gasteiger partial charge in [-0.05, 0) is 24.6 Å². The van der Waals surface area contributed by atoms with Crippen LogP contribution in [0.1, 0.15) is 17.1 Å². The molecular formula is C21H18Cl2N4OS2. The standard InChI is InChI=1S/C21H18Cl2N4OS2/c1-13-5-3-4-6-16(13)20-24-15(11-29-20)12-30-21-26-25-19(27(21)2)10-28-18-9-14(22)7-8-17(18)23/h3-9,11H,10,12H2,1-2H3. The molecule has 2 aromatic carbocycles. The first-order valence-electron chi connectivity index (χ1n) is 9.10. The van der Waals surface area contributed by atoms with Crippen LogP contribution in [-0.2, 0) is 19.4 Å². The Labute approximate surface area is 193 Å². The Morgan fingerprint density at radius 1 is 1.13 bits per heavy atom. The van der Waals surface area contributed by atoms with Crippen molar-refractivity contribution in [2.75, 3.05) is 0 Å².